The van der Waals surface area contributed by atoms with E-state index in [1.807, 2.05) is 24.3 Å². The monoisotopic (exact) mass is 248 g/mol. The Morgan fingerprint density at radius 1 is 1.56 bits per heavy atom. The molecule has 0 saturated heterocycles. The third kappa shape index (κ3) is 2.71. The van der Waals surface area contributed by atoms with Gasteiger partial charge in [-0.15, -0.1) is 0 Å². The topological polar surface area (TPSA) is 88.7 Å². The normalized spacial score (nSPS) is 17.2. The minimum absolute atomic E-state index is 0.274. The fourth-order valence-electron chi connectivity index (χ4n) is 1.74. The Hall–Kier alpha value is -2.24. The number of nitrogens with two attached hydrogens (primary N) is 1. The second-order valence-electron chi connectivity index (χ2n) is 3.82. The fraction of sp³-hybridized carbons (Fsp3) is 0.333. The van der Waals surface area contributed by atoms with E-state index in [2.05, 4.69) is 15.6 Å². The highest BCUT2D eigenvalue weighted by Gasteiger charge is 2.18. The van der Waals surface area contributed by atoms with Gasteiger partial charge in [-0.1, -0.05) is 12.1 Å². The Kier molecular flexibility index (Phi) is 3.66. The molecule has 0 aliphatic carbocycles. The van der Waals surface area contributed by atoms with Crippen LogP contribution in [0.3, 0.4) is 0 Å². The number of aliphatic imine (C=N–C) groups is 1. The Balaban J connectivity index is 1.98. The zero-order valence-corrected chi connectivity index (χ0v) is 10.1. The molecule has 6 nitrogen and oxygen atoms in total. The molecule has 4 N–H and O–H groups in total. The Morgan fingerprint density at radius 2 is 2.33 bits per heavy atom. The highest BCUT2D eigenvalue weighted by Crippen LogP contribution is 2.19. The van der Waals surface area contributed by atoms with Crippen LogP contribution in [0.25, 0.3) is 0 Å². The van der Waals surface area contributed by atoms with Gasteiger partial charge >= 0.3 is 6.09 Å². The molecule has 0 spiro atoms. The number of para-hydroxylation sites is 1. The molecule has 18 heavy (non-hydrogen) atoms. The molecule has 0 radical (unpaired) electrons. The van der Waals surface area contributed by atoms with Gasteiger partial charge in [0.2, 0.25) is 0 Å². The molecule has 1 amide bonds. The molecule has 0 aromatic heterocycles. The van der Waals surface area contributed by atoms with Crippen LogP contribution in [0.5, 0.6) is 0 Å². The summed E-state index contributed by atoms with van der Waals surface area (Å²) >= 11 is 0. The lowest BCUT2D eigenvalue weighted by Gasteiger charge is -2.23. The van der Waals surface area contributed by atoms with E-state index in [1.165, 1.54) is 0 Å². The van der Waals surface area contributed by atoms with Gasteiger partial charge in [0.05, 0.1) is 13.2 Å². The molecule has 1 aliphatic heterocycles. The van der Waals surface area contributed by atoms with Gasteiger partial charge < -0.3 is 21.1 Å². The van der Waals surface area contributed by atoms with Crippen LogP contribution >= 0.6 is 0 Å². The largest absolute Gasteiger partial charge is 0.450 e. The summed E-state index contributed by atoms with van der Waals surface area (Å²) in [5.41, 5.74) is 7.66. The number of ether oxygens (including phenoxy) is 1. The van der Waals surface area contributed by atoms with Crippen molar-refractivity contribution in [3.63, 3.8) is 0 Å². The lowest BCUT2D eigenvalue weighted by atomic mass is 10.1. The van der Waals surface area contributed by atoms with Crippen molar-refractivity contribution in [3.8, 4) is 0 Å². The average molecular weight is 248 g/mol. The third-order valence-electron chi connectivity index (χ3n) is 2.54. The number of nitrogens with one attached hydrogen (secondary N) is 2. The number of hydrogen-bond acceptors (Lipinski definition) is 5. The first-order valence-electron chi connectivity index (χ1n) is 5.80. The Bertz CT molecular complexity index is 473. The molecule has 1 aliphatic rings. The van der Waals surface area contributed by atoms with Crippen LogP contribution in [-0.4, -0.2) is 31.2 Å². The zero-order valence-electron chi connectivity index (χ0n) is 10.1. The quantitative estimate of drug-likeness (QED) is 0.741. The first-order chi connectivity index (χ1) is 8.70. The second kappa shape index (κ2) is 5.39. The smallest absolute Gasteiger partial charge is 0.407 e. The van der Waals surface area contributed by atoms with Crippen LogP contribution in [0, 0.1) is 0 Å². The average Bonchev–Trinajstić information content (AvgIpc) is 2.37. The highest BCUT2D eigenvalue weighted by atomic mass is 16.5. The van der Waals surface area contributed by atoms with Gasteiger partial charge in [-0.25, -0.2) is 9.79 Å². The van der Waals surface area contributed by atoms with E-state index in [-0.39, 0.29) is 6.17 Å². The number of alkyl carbamates (subject to hydrolysis) is 1. The fourth-order valence-corrected chi connectivity index (χ4v) is 1.74. The maximum atomic E-state index is 11.2. The molecular formula is C12H16N4O2. The number of carbonyl (C=O) groups is 1. The van der Waals surface area contributed by atoms with Gasteiger partial charge in [0.15, 0.2) is 0 Å². The number of hydrogen-bond donors (Lipinski definition) is 3. The van der Waals surface area contributed by atoms with Crippen molar-refractivity contribution in [1.29, 1.82) is 0 Å². The van der Waals surface area contributed by atoms with Gasteiger partial charge in [0.1, 0.15) is 12.0 Å². The van der Waals surface area contributed by atoms with Crippen LogP contribution in [-0.2, 0) is 4.74 Å². The molecule has 1 atom stereocenters. The lowest BCUT2D eigenvalue weighted by Crippen LogP contribution is -2.39. The van der Waals surface area contributed by atoms with Crippen molar-refractivity contribution in [2.75, 3.05) is 18.5 Å². The molecule has 1 aromatic carbocycles. The predicted octanol–water partition coefficient (Wildman–Crippen LogP) is 0.890. The first kappa shape index (κ1) is 12.2. The minimum atomic E-state index is -0.452. The van der Waals surface area contributed by atoms with Crippen LogP contribution < -0.4 is 16.4 Å². The van der Waals surface area contributed by atoms with Crippen LogP contribution in [0.2, 0.25) is 0 Å². The number of nitrogens with zero attached hydrogens (tertiary/aromatic N) is 1. The predicted molar refractivity (Wildman–Crippen MR) is 69.6 cm³/mol. The molecular weight excluding hydrogens is 232 g/mol. The summed E-state index contributed by atoms with van der Waals surface area (Å²) in [5, 5.41) is 5.81. The van der Waals surface area contributed by atoms with E-state index in [9.17, 15) is 4.79 Å². The van der Waals surface area contributed by atoms with Crippen molar-refractivity contribution in [3.05, 3.63) is 29.8 Å². The van der Waals surface area contributed by atoms with Crippen molar-refractivity contribution in [2.24, 2.45) is 10.7 Å². The molecule has 6 heteroatoms. The van der Waals surface area contributed by atoms with Crippen molar-refractivity contribution < 1.29 is 9.53 Å². The number of amidine groups is 1. The molecule has 1 heterocycles. The number of anilines is 1. The van der Waals surface area contributed by atoms with E-state index >= 15 is 0 Å². The summed E-state index contributed by atoms with van der Waals surface area (Å²) < 4.78 is 4.77. The third-order valence-corrected chi connectivity index (χ3v) is 2.54. The molecule has 0 bridgehead atoms. The van der Waals surface area contributed by atoms with E-state index in [1.54, 1.807) is 6.92 Å². The minimum Gasteiger partial charge on any atom is -0.450 e. The maximum absolute atomic E-state index is 11.2. The van der Waals surface area contributed by atoms with Crippen LogP contribution in [0.15, 0.2) is 29.3 Å². The summed E-state index contributed by atoms with van der Waals surface area (Å²) in [6.07, 6.45) is -0.726. The van der Waals surface area contributed by atoms with E-state index < -0.39 is 6.09 Å². The van der Waals surface area contributed by atoms with Gasteiger partial charge in [-0.3, -0.25) is 0 Å². The number of benzene rings is 1. The highest BCUT2D eigenvalue weighted by molar-refractivity contribution is 6.03. The maximum Gasteiger partial charge on any atom is 0.407 e. The van der Waals surface area contributed by atoms with Gasteiger partial charge in [0.25, 0.3) is 0 Å². The number of fused-ring (bicyclic) bond motifs is 1. The van der Waals surface area contributed by atoms with Gasteiger partial charge in [0, 0.05) is 11.3 Å². The lowest BCUT2D eigenvalue weighted by molar-refractivity contribution is 0.152. The van der Waals surface area contributed by atoms with Crippen molar-refractivity contribution in [1.82, 2.24) is 5.32 Å². The summed E-state index contributed by atoms with van der Waals surface area (Å²) in [6, 6.07) is 7.64. The molecule has 1 aromatic rings. The van der Waals surface area contributed by atoms with Gasteiger partial charge in [-0.05, 0) is 19.1 Å². The summed E-state index contributed by atoms with van der Waals surface area (Å²) in [6.45, 7) is 2.43. The van der Waals surface area contributed by atoms with Crippen LogP contribution in [0.4, 0.5) is 10.5 Å². The zero-order chi connectivity index (χ0) is 13.0. The number of carbonyl (C=O) groups excluding carboxylic acids is 1. The first-order valence-corrected chi connectivity index (χ1v) is 5.80. The van der Waals surface area contributed by atoms with Crippen molar-refractivity contribution in [2.45, 2.75) is 13.1 Å². The van der Waals surface area contributed by atoms with E-state index in [0.29, 0.717) is 19.0 Å². The SMILES string of the molecule is CCOC(=O)NCC1N=C(N)c2ccccc2N1. The molecule has 1 unspecified atom stereocenters. The summed E-state index contributed by atoms with van der Waals surface area (Å²) in [7, 11) is 0. The summed E-state index contributed by atoms with van der Waals surface area (Å²) in [4.78, 5) is 15.4. The van der Waals surface area contributed by atoms with Gasteiger partial charge in [-0.2, -0.15) is 0 Å². The number of amides is 1. The standard InChI is InChI=1S/C12H16N4O2/c1-2-18-12(17)14-7-10-15-9-6-4-3-5-8(9)11(13)16-10/h3-6,10,15H,2,7H2,1H3,(H2,13,16)(H,14,17). The van der Waals surface area contributed by atoms with Crippen LogP contribution in [0.1, 0.15) is 12.5 Å². The summed E-state index contributed by atoms with van der Waals surface area (Å²) in [5.74, 6) is 0.472. The Morgan fingerprint density at radius 3 is 3.11 bits per heavy atom. The van der Waals surface area contributed by atoms with E-state index in [0.717, 1.165) is 11.3 Å². The molecule has 0 fully saturated rings. The number of rotatable bonds is 3. The second-order valence-corrected chi connectivity index (χ2v) is 3.82. The van der Waals surface area contributed by atoms with Crippen molar-refractivity contribution >= 4 is 17.6 Å². The molecule has 2 rings (SSSR count). The molecule has 0 saturated carbocycles. The Labute approximate surface area is 105 Å². The van der Waals surface area contributed by atoms with E-state index in [4.69, 9.17) is 10.5 Å². The molecule has 96 valence electrons.